The summed E-state index contributed by atoms with van der Waals surface area (Å²) in [7, 11) is 2.55. The number of nitrogens with zero attached hydrogens (tertiary/aromatic N) is 1. The van der Waals surface area contributed by atoms with Crippen molar-refractivity contribution in [1.82, 2.24) is 4.90 Å². The van der Waals surface area contributed by atoms with Crippen LogP contribution in [0.15, 0.2) is 12.2 Å². The first-order chi connectivity index (χ1) is 11.5. The summed E-state index contributed by atoms with van der Waals surface area (Å²) in [5.74, 6) is 1.44. The van der Waals surface area contributed by atoms with E-state index in [0.29, 0.717) is 17.4 Å². The van der Waals surface area contributed by atoms with Gasteiger partial charge in [-0.05, 0) is 89.4 Å². The van der Waals surface area contributed by atoms with Crippen LogP contribution < -0.4 is 0 Å². The van der Waals surface area contributed by atoms with Crippen molar-refractivity contribution in [2.45, 2.75) is 86.6 Å². The molecule has 0 saturated carbocycles. The normalized spacial score (nSPS) is 17.4. The molecule has 0 aromatic rings. The Morgan fingerprint density at radius 2 is 1.68 bits per heavy atom. The van der Waals surface area contributed by atoms with Crippen molar-refractivity contribution in [2.75, 3.05) is 32.6 Å². The third kappa shape index (κ3) is 10.1. The molecule has 0 aliphatic carbocycles. The summed E-state index contributed by atoms with van der Waals surface area (Å²) < 4.78 is 0. The van der Waals surface area contributed by atoms with Gasteiger partial charge < -0.3 is 4.90 Å². The van der Waals surface area contributed by atoms with E-state index in [1.165, 1.54) is 56.5 Å². The van der Waals surface area contributed by atoms with Crippen molar-refractivity contribution >= 4 is 7.92 Å². The van der Waals surface area contributed by atoms with Gasteiger partial charge in [0.2, 0.25) is 0 Å². The lowest BCUT2D eigenvalue weighted by molar-refractivity contribution is 0.0980. The van der Waals surface area contributed by atoms with Gasteiger partial charge in [-0.2, -0.15) is 0 Å². The minimum atomic E-state index is 0.220. The summed E-state index contributed by atoms with van der Waals surface area (Å²) >= 11 is 0. The van der Waals surface area contributed by atoms with Crippen molar-refractivity contribution < 1.29 is 0 Å². The second-order valence-electron chi connectivity index (χ2n) is 9.29. The molecule has 0 aromatic heterocycles. The van der Waals surface area contributed by atoms with E-state index in [-0.39, 0.29) is 7.92 Å². The lowest BCUT2D eigenvalue weighted by atomic mass is 9.73. The Bertz CT molecular complexity index is 363. The first-order valence-electron chi connectivity index (χ1n) is 10.6. The van der Waals surface area contributed by atoms with Crippen LogP contribution in [-0.2, 0) is 0 Å². The minimum Gasteiger partial charge on any atom is -0.303 e. The molecular weight excluding hydrogens is 321 g/mol. The van der Waals surface area contributed by atoms with Crippen molar-refractivity contribution in [3.05, 3.63) is 12.2 Å². The molecule has 150 valence electrons. The fraction of sp³-hybridized carbons (Fsp3) is 0.913. The summed E-state index contributed by atoms with van der Waals surface area (Å²) in [5.41, 5.74) is 1.79. The van der Waals surface area contributed by atoms with Gasteiger partial charge >= 0.3 is 0 Å². The van der Waals surface area contributed by atoms with Gasteiger partial charge in [0.25, 0.3) is 0 Å². The van der Waals surface area contributed by atoms with E-state index in [0.717, 1.165) is 5.92 Å². The molecule has 0 aliphatic heterocycles. The molecule has 4 atom stereocenters. The molecule has 0 saturated heterocycles. The molecule has 0 heterocycles. The second-order valence-corrected chi connectivity index (χ2v) is 11.9. The molecule has 0 spiro atoms. The number of hydrogen-bond donors (Lipinski definition) is 0. The van der Waals surface area contributed by atoms with Gasteiger partial charge in [0.1, 0.15) is 0 Å². The van der Waals surface area contributed by atoms with Crippen molar-refractivity contribution in [3.63, 3.8) is 0 Å². The molecule has 0 radical (unpaired) electrons. The number of rotatable bonds is 14. The van der Waals surface area contributed by atoms with E-state index >= 15 is 0 Å². The SMILES string of the molecule is C=C(C)C(C)CCCP(C)CCCN(C)C(C)C(C)C(C)(C)CCC. The summed E-state index contributed by atoms with van der Waals surface area (Å²) in [6.07, 6.45) is 9.55. The zero-order valence-electron chi connectivity index (χ0n) is 19.0. The maximum absolute atomic E-state index is 4.08. The van der Waals surface area contributed by atoms with Gasteiger partial charge in [-0.15, -0.1) is 7.92 Å². The van der Waals surface area contributed by atoms with Crippen LogP contribution in [0.5, 0.6) is 0 Å². The van der Waals surface area contributed by atoms with E-state index in [9.17, 15) is 0 Å². The Labute approximate surface area is 161 Å². The summed E-state index contributed by atoms with van der Waals surface area (Å²) in [6.45, 7) is 24.4. The highest BCUT2D eigenvalue weighted by molar-refractivity contribution is 7.56. The van der Waals surface area contributed by atoms with Crippen LogP contribution in [0.4, 0.5) is 0 Å². The third-order valence-electron chi connectivity index (χ3n) is 6.61. The standard InChI is InChI=1S/C23H48NP/c1-11-15-23(7,8)21(5)22(6)24(9)16-13-18-25(10)17-12-14-20(4)19(2)3/h20-22H,2,11-18H2,1,3-10H3. The van der Waals surface area contributed by atoms with Gasteiger partial charge in [-0.25, -0.2) is 0 Å². The van der Waals surface area contributed by atoms with Gasteiger partial charge in [-0.1, -0.05) is 53.2 Å². The fourth-order valence-corrected chi connectivity index (χ4v) is 5.35. The molecule has 25 heavy (non-hydrogen) atoms. The molecule has 2 heteroatoms. The molecule has 0 N–H and O–H groups in total. The molecule has 0 fully saturated rings. The second kappa shape index (κ2) is 12.5. The van der Waals surface area contributed by atoms with Crippen LogP contribution >= 0.6 is 7.92 Å². The molecule has 4 unspecified atom stereocenters. The average Bonchev–Trinajstić information content (AvgIpc) is 2.52. The molecule has 0 amide bonds. The van der Waals surface area contributed by atoms with Gasteiger partial charge in [0.15, 0.2) is 0 Å². The third-order valence-corrected chi connectivity index (χ3v) is 8.77. The van der Waals surface area contributed by atoms with Crippen molar-refractivity contribution in [1.29, 1.82) is 0 Å². The summed E-state index contributed by atoms with van der Waals surface area (Å²) in [5, 5.41) is 0. The van der Waals surface area contributed by atoms with E-state index < -0.39 is 0 Å². The Kier molecular flexibility index (Phi) is 12.6. The lowest BCUT2D eigenvalue weighted by Gasteiger charge is -2.40. The van der Waals surface area contributed by atoms with Crippen LogP contribution in [0.3, 0.4) is 0 Å². The highest BCUT2D eigenvalue weighted by Crippen LogP contribution is 2.36. The summed E-state index contributed by atoms with van der Waals surface area (Å²) in [6, 6.07) is 0.668. The van der Waals surface area contributed by atoms with Crippen molar-refractivity contribution in [2.24, 2.45) is 17.3 Å². The van der Waals surface area contributed by atoms with Gasteiger partial charge in [-0.3, -0.25) is 0 Å². The topological polar surface area (TPSA) is 3.24 Å². The molecule has 0 rings (SSSR count). The first kappa shape index (κ1) is 25.1. The molecule has 0 aliphatic rings. The quantitative estimate of drug-likeness (QED) is 0.230. The molecule has 1 nitrogen and oxygen atoms in total. The van der Waals surface area contributed by atoms with Crippen LogP contribution in [0, 0.1) is 17.3 Å². The van der Waals surface area contributed by atoms with Crippen molar-refractivity contribution in [3.8, 4) is 0 Å². The van der Waals surface area contributed by atoms with Gasteiger partial charge in [0, 0.05) is 6.04 Å². The van der Waals surface area contributed by atoms with Crippen LogP contribution in [-0.4, -0.2) is 43.5 Å². The monoisotopic (exact) mass is 369 g/mol. The van der Waals surface area contributed by atoms with E-state index in [4.69, 9.17) is 0 Å². The van der Waals surface area contributed by atoms with Gasteiger partial charge in [0.05, 0.1) is 0 Å². The fourth-order valence-electron chi connectivity index (χ4n) is 3.73. The minimum absolute atomic E-state index is 0.220. The predicted molar refractivity (Wildman–Crippen MR) is 120 cm³/mol. The van der Waals surface area contributed by atoms with E-state index in [1.54, 1.807) is 0 Å². The van der Waals surface area contributed by atoms with Crippen LogP contribution in [0.25, 0.3) is 0 Å². The van der Waals surface area contributed by atoms with Crippen LogP contribution in [0.2, 0.25) is 0 Å². The Hall–Kier alpha value is 0.130. The highest BCUT2D eigenvalue weighted by Gasteiger charge is 2.30. The molecule has 0 bridgehead atoms. The lowest BCUT2D eigenvalue weighted by Crippen LogP contribution is -2.41. The van der Waals surface area contributed by atoms with E-state index in [2.05, 4.69) is 73.7 Å². The Morgan fingerprint density at radius 1 is 1.12 bits per heavy atom. The van der Waals surface area contributed by atoms with E-state index in [1.807, 2.05) is 0 Å². The maximum atomic E-state index is 4.08. The Balaban J connectivity index is 4.08. The number of hydrogen-bond acceptors (Lipinski definition) is 1. The summed E-state index contributed by atoms with van der Waals surface area (Å²) in [4.78, 5) is 2.61. The first-order valence-corrected chi connectivity index (χ1v) is 12.7. The zero-order chi connectivity index (χ0) is 19.6. The highest BCUT2D eigenvalue weighted by atomic mass is 31.1. The average molecular weight is 370 g/mol. The maximum Gasteiger partial charge on any atom is 0.00946 e. The Morgan fingerprint density at radius 3 is 2.20 bits per heavy atom. The predicted octanol–water partition coefficient (Wildman–Crippen LogP) is 7.26. The van der Waals surface area contributed by atoms with Crippen LogP contribution in [0.1, 0.15) is 80.6 Å². The number of allylic oxidation sites excluding steroid dienone is 1. The smallest absolute Gasteiger partial charge is 0.00946 e. The molecule has 0 aromatic carbocycles. The zero-order valence-corrected chi connectivity index (χ0v) is 19.9. The largest absolute Gasteiger partial charge is 0.303 e. The molecular formula is C23H48NP.